The molecular formula is C11H19N3O2S2. The number of carbonyl (C=O) groups excluding carboxylic acids is 1. The third-order valence-electron chi connectivity index (χ3n) is 1.99. The van der Waals surface area contributed by atoms with Crippen LogP contribution in [0.25, 0.3) is 0 Å². The smallest absolute Gasteiger partial charge is 0.319 e. The van der Waals surface area contributed by atoms with Gasteiger partial charge in [-0.1, -0.05) is 36.9 Å². The van der Waals surface area contributed by atoms with Gasteiger partial charge in [-0.15, -0.1) is 10.2 Å². The highest BCUT2D eigenvalue weighted by Gasteiger charge is 2.18. The fourth-order valence-corrected chi connectivity index (χ4v) is 3.00. The number of carbonyl (C=O) groups is 1. The van der Waals surface area contributed by atoms with Gasteiger partial charge in [-0.05, 0) is 19.8 Å². The minimum atomic E-state index is -0.247. The van der Waals surface area contributed by atoms with Crippen LogP contribution in [0.3, 0.4) is 0 Å². The molecule has 1 heterocycles. The summed E-state index contributed by atoms with van der Waals surface area (Å²) in [5, 5.41) is 11.8. The van der Waals surface area contributed by atoms with Gasteiger partial charge in [0.25, 0.3) is 0 Å². The second-order valence-corrected chi connectivity index (χ2v) is 6.29. The summed E-state index contributed by atoms with van der Waals surface area (Å²) in [6, 6.07) is 0. The Labute approximate surface area is 116 Å². The van der Waals surface area contributed by atoms with Gasteiger partial charge < -0.3 is 10.1 Å². The molecule has 1 atom stereocenters. The first-order valence-electron chi connectivity index (χ1n) is 6.08. The molecule has 0 radical (unpaired) electrons. The van der Waals surface area contributed by atoms with Crippen LogP contribution < -0.4 is 5.32 Å². The van der Waals surface area contributed by atoms with Crippen LogP contribution in [0.1, 0.15) is 33.6 Å². The summed E-state index contributed by atoms with van der Waals surface area (Å²) in [5.74, 6) is -0.194. The number of hydrogen-bond donors (Lipinski definition) is 1. The van der Waals surface area contributed by atoms with E-state index in [2.05, 4.69) is 22.4 Å². The van der Waals surface area contributed by atoms with Crippen LogP contribution >= 0.6 is 23.1 Å². The van der Waals surface area contributed by atoms with Crippen molar-refractivity contribution in [2.45, 2.75) is 43.2 Å². The molecule has 1 rings (SSSR count). The van der Waals surface area contributed by atoms with Gasteiger partial charge in [-0.3, -0.25) is 4.79 Å². The number of anilines is 1. The fraction of sp³-hybridized carbons (Fsp3) is 0.727. The Hall–Kier alpha value is -0.820. The number of thioether (sulfide) groups is 1. The van der Waals surface area contributed by atoms with Crippen molar-refractivity contribution in [1.29, 1.82) is 0 Å². The van der Waals surface area contributed by atoms with Crippen molar-refractivity contribution >= 4 is 34.2 Å². The maximum Gasteiger partial charge on any atom is 0.319 e. The standard InChI is InChI=1S/C11H19N3O2S2/c1-4-6-12-10-13-14-11(18-10)17-8(3)9(15)16-7-5-2/h8H,4-7H2,1-3H3,(H,12,13). The molecule has 0 spiro atoms. The summed E-state index contributed by atoms with van der Waals surface area (Å²) in [6.07, 6.45) is 1.88. The molecule has 0 amide bonds. The number of hydrogen-bond acceptors (Lipinski definition) is 7. The summed E-state index contributed by atoms with van der Waals surface area (Å²) in [6.45, 7) is 7.25. The zero-order valence-electron chi connectivity index (χ0n) is 10.9. The lowest BCUT2D eigenvalue weighted by molar-refractivity contribution is -0.142. The van der Waals surface area contributed by atoms with Crippen LogP contribution in [0.15, 0.2) is 4.34 Å². The van der Waals surface area contributed by atoms with Crippen molar-refractivity contribution < 1.29 is 9.53 Å². The second kappa shape index (κ2) is 8.31. The monoisotopic (exact) mass is 289 g/mol. The highest BCUT2D eigenvalue weighted by atomic mass is 32.2. The molecule has 1 N–H and O–H groups in total. The van der Waals surface area contributed by atoms with Crippen molar-refractivity contribution in [2.24, 2.45) is 0 Å². The molecule has 1 aromatic rings. The predicted molar refractivity (Wildman–Crippen MR) is 75.3 cm³/mol. The van der Waals surface area contributed by atoms with Crippen LogP contribution in [0.4, 0.5) is 5.13 Å². The zero-order chi connectivity index (χ0) is 13.4. The van der Waals surface area contributed by atoms with Gasteiger partial charge in [-0.25, -0.2) is 0 Å². The fourth-order valence-electron chi connectivity index (χ4n) is 1.08. The minimum absolute atomic E-state index is 0.194. The molecular weight excluding hydrogens is 270 g/mol. The molecule has 0 saturated heterocycles. The van der Waals surface area contributed by atoms with Gasteiger partial charge in [0, 0.05) is 6.54 Å². The number of esters is 1. The van der Waals surface area contributed by atoms with E-state index in [0.717, 1.165) is 28.9 Å². The second-order valence-electron chi connectivity index (χ2n) is 3.73. The van der Waals surface area contributed by atoms with E-state index >= 15 is 0 Å². The van der Waals surface area contributed by atoms with Gasteiger partial charge in [0.15, 0.2) is 4.34 Å². The first-order chi connectivity index (χ1) is 8.67. The first kappa shape index (κ1) is 15.2. The number of rotatable bonds is 8. The average molecular weight is 289 g/mol. The summed E-state index contributed by atoms with van der Waals surface area (Å²) in [4.78, 5) is 11.6. The predicted octanol–water partition coefficient (Wildman–Crippen LogP) is 2.79. The molecule has 18 heavy (non-hydrogen) atoms. The van der Waals surface area contributed by atoms with Gasteiger partial charge in [-0.2, -0.15) is 0 Å². The highest BCUT2D eigenvalue weighted by molar-refractivity contribution is 8.02. The number of ether oxygens (including phenoxy) is 1. The first-order valence-corrected chi connectivity index (χ1v) is 7.77. The van der Waals surface area contributed by atoms with Crippen LogP contribution in [0, 0.1) is 0 Å². The van der Waals surface area contributed by atoms with Crippen molar-refractivity contribution in [3.05, 3.63) is 0 Å². The normalized spacial score (nSPS) is 12.2. The van der Waals surface area contributed by atoms with E-state index in [-0.39, 0.29) is 11.2 Å². The van der Waals surface area contributed by atoms with Gasteiger partial charge >= 0.3 is 5.97 Å². The average Bonchev–Trinajstić information content (AvgIpc) is 2.80. The molecule has 0 aliphatic heterocycles. The third kappa shape index (κ3) is 5.22. The highest BCUT2D eigenvalue weighted by Crippen LogP contribution is 2.29. The molecule has 0 bridgehead atoms. The van der Waals surface area contributed by atoms with E-state index < -0.39 is 0 Å². The molecule has 102 valence electrons. The Kier molecular flexibility index (Phi) is 7.04. The van der Waals surface area contributed by atoms with Crippen LogP contribution in [0.2, 0.25) is 0 Å². The van der Waals surface area contributed by atoms with Crippen LogP contribution in [0.5, 0.6) is 0 Å². The summed E-state index contributed by atoms with van der Waals surface area (Å²) in [7, 11) is 0. The third-order valence-corrected chi connectivity index (χ3v) is 4.03. The zero-order valence-corrected chi connectivity index (χ0v) is 12.6. The van der Waals surface area contributed by atoms with Crippen molar-refractivity contribution in [3.8, 4) is 0 Å². The van der Waals surface area contributed by atoms with Gasteiger partial charge in [0.1, 0.15) is 5.25 Å². The van der Waals surface area contributed by atoms with E-state index in [0.29, 0.717) is 6.61 Å². The summed E-state index contributed by atoms with van der Waals surface area (Å²) in [5.41, 5.74) is 0. The lowest BCUT2D eigenvalue weighted by atomic mass is 10.5. The molecule has 0 fully saturated rings. The maximum absolute atomic E-state index is 11.6. The molecule has 1 aromatic heterocycles. The maximum atomic E-state index is 11.6. The summed E-state index contributed by atoms with van der Waals surface area (Å²) < 4.78 is 5.86. The number of aromatic nitrogens is 2. The Balaban J connectivity index is 2.41. The molecule has 0 saturated carbocycles. The Morgan fingerprint density at radius 1 is 1.44 bits per heavy atom. The molecule has 5 nitrogen and oxygen atoms in total. The van der Waals surface area contributed by atoms with Crippen molar-refractivity contribution in [1.82, 2.24) is 10.2 Å². The van der Waals surface area contributed by atoms with E-state index in [1.54, 1.807) is 0 Å². The largest absolute Gasteiger partial charge is 0.465 e. The van der Waals surface area contributed by atoms with E-state index in [1.165, 1.54) is 23.1 Å². The van der Waals surface area contributed by atoms with Crippen LogP contribution in [-0.4, -0.2) is 34.6 Å². The van der Waals surface area contributed by atoms with Crippen LogP contribution in [-0.2, 0) is 9.53 Å². The number of nitrogens with one attached hydrogen (secondary N) is 1. The summed E-state index contributed by atoms with van der Waals surface area (Å²) >= 11 is 2.85. The molecule has 0 aliphatic carbocycles. The van der Waals surface area contributed by atoms with Crippen molar-refractivity contribution in [2.75, 3.05) is 18.5 Å². The quantitative estimate of drug-likeness (QED) is 0.586. The van der Waals surface area contributed by atoms with Crippen molar-refractivity contribution in [3.63, 3.8) is 0 Å². The van der Waals surface area contributed by atoms with Gasteiger partial charge in [0.05, 0.1) is 6.61 Å². The number of nitrogens with zero attached hydrogens (tertiary/aromatic N) is 2. The lowest BCUT2D eigenvalue weighted by Crippen LogP contribution is -2.17. The lowest BCUT2D eigenvalue weighted by Gasteiger charge is -2.08. The Morgan fingerprint density at radius 2 is 2.22 bits per heavy atom. The molecule has 0 aliphatic rings. The molecule has 0 aromatic carbocycles. The SMILES string of the molecule is CCCNc1nnc(SC(C)C(=O)OCCC)s1. The van der Waals surface area contributed by atoms with Gasteiger partial charge in [0.2, 0.25) is 5.13 Å². The topological polar surface area (TPSA) is 64.1 Å². The van der Waals surface area contributed by atoms with E-state index in [1.807, 2.05) is 13.8 Å². The van der Waals surface area contributed by atoms with E-state index in [4.69, 9.17) is 4.74 Å². The Bertz CT molecular complexity index is 371. The Morgan fingerprint density at radius 3 is 2.89 bits per heavy atom. The molecule has 7 heteroatoms. The molecule has 1 unspecified atom stereocenters. The minimum Gasteiger partial charge on any atom is -0.465 e. The van der Waals surface area contributed by atoms with E-state index in [9.17, 15) is 4.79 Å².